The molecule has 0 fully saturated rings. The molecule has 0 radical (unpaired) electrons. The van der Waals surface area contributed by atoms with Crippen LogP contribution in [0.3, 0.4) is 0 Å². The highest BCUT2D eigenvalue weighted by atomic mass is 35.5. The van der Waals surface area contributed by atoms with Gasteiger partial charge in [-0.2, -0.15) is 0 Å². The number of hydrogen-bond acceptors (Lipinski definition) is 5. The highest BCUT2D eigenvalue weighted by molar-refractivity contribution is 6.35. The minimum Gasteiger partial charge on any atom is -0.482 e. The molecule has 0 spiro atoms. The Labute approximate surface area is 160 Å². The zero-order chi connectivity index (χ0) is 18.8. The summed E-state index contributed by atoms with van der Waals surface area (Å²) in [6.45, 7) is 3.49. The van der Waals surface area contributed by atoms with Crippen molar-refractivity contribution < 1.29 is 14.3 Å². The Balaban J connectivity index is 1.69. The van der Waals surface area contributed by atoms with Crippen molar-refractivity contribution in [3.63, 3.8) is 0 Å². The molecule has 1 atom stereocenters. The van der Waals surface area contributed by atoms with Crippen molar-refractivity contribution in [3.8, 4) is 5.75 Å². The van der Waals surface area contributed by atoms with Gasteiger partial charge in [-0.25, -0.2) is 9.97 Å². The van der Waals surface area contributed by atoms with Gasteiger partial charge in [-0.3, -0.25) is 14.9 Å². The molecule has 136 valence electrons. The molecule has 1 N–H and O–H groups in total. The van der Waals surface area contributed by atoms with E-state index >= 15 is 0 Å². The summed E-state index contributed by atoms with van der Waals surface area (Å²) in [4.78, 5) is 32.8. The smallest absolute Gasteiger partial charge is 0.264 e. The molecule has 2 aromatic rings. The lowest BCUT2D eigenvalue weighted by atomic mass is 9.86. The summed E-state index contributed by atoms with van der Waals surface area (Å²) in [7, 11) is 0. The summed E-state index contributed by atoms with van der Waals surface area (Å²) in [5, 5.41) is 3.40. The number of anilines is 1. The molecule has 1 aromatic carbocycles. The third-order valence-electron chi connectivity index (χ3n) is 4.02. The second-order valence-corrected chi connectivity index (χ2v) is 7.15. The molecule has 0 saturated heterocycles. The Morgan fingerprint density at radius 2 is 2.08 bits per heavy atom. The number of carbonyl (C=O) groups excluding carboxylic acids is 2. The number of Topliss-reactive ketones (excluding diaryl/α,β-unsaturated/α-hetero) is 1. The van der Waals surface area contributed by atoms with Crippen molar-refractivity contribution in [2.45, 2.75) is 26.7 Å². The fourth-order valence-electron chi connectivity index (χ4n) is 2.92. The van der Waals surface area contributed by atoms with Crippen molar-refractivity contribution in [2.24, 2.45) is 5.92 Å². The van der Waals surface area contributed by atoms with E-state index in [9.17, 15) is 9.59 Å². The number of ether oxygens (including phenoxy) is 1. The number of hydrogen-bond donors (Lipinski definition) is 1. The van der Waals surface area contributed by atoms with Gasteiger partial charge in [-0.15, -0.1) is 0 Å². The first-order chi connectivity index (χ1) is 12.3. The number of amides is 1. The number of ketones is 1. The van der Waals surface area contributed by atoms with Crippen LogP contribution in [-0.2, 0) is 11.2 Å². The Kier molecular flexibility index (Phi) is 5.44. The van der Waals surface area contributed by atoms with Gasteiger partial charge >= 0.3 is 0 Å². The van der Waals surface area contributed by atoms with Gasteiger partial charge in [0.05, 0.1) is 22.0 Å². The summed E-state index contributed by atoms with van der Waals surface area (Å²) in [5.74, 6) is 0.371. The van der Waals surface area contributed by atoms with Crippen LogP contribution in [0.4, 0.5) is 5.95 Å². The zero-order valence-corrected chi connectivity index (χ0v) is 15.8. The van der Waals surface area contributed by atoms with Crippen LogP contribution in [0.25, 0.3) is 0 Å². The number of benzene rings is 1. The van der Waals surface area contributed by atoms with Crippen molar-refractivity contribution >= 4 is 40.8 Å². The van der Waals surface area contributed by atoms with Gasteiger partial charge in [0.1, 0.15) is 5.75 Å². The summed E-state index contributed by atoms with van der Waals surface area (Å²) >= 11 is 11.8. The summed E-state index contributed by atoms with van der Waals surface area (Å²) in [5.41, 5.74) is 1.83. The van der Waals surface area contributed by atoms with Gasteiger partial charge < -0.3 is 4.74 Å². The summed E-state index contributed by atoms with van der Waals surface area (Å²) in [6, 6.07) is 4.74. The SMILES string of the molecule is Cc1nc(NC(=O)COc2ccc(Cl)cc2Cl)nc2c1C(=O)C[C@H](C)C2. The molecule has 1 aliphatic carbocycles. The fourth-order valence-corrected chi connectivity index (χ4v) is 3.38. The molecule has 0 aliphatic heterocycles. The molecule has 6 nitrogen and oxygen atoms in total. The van der Waals surface area contributed by atoms with E-state index in [0.29, 0.717) is 45.6 Å². The highest BCUT2D eigenvalue weighted by Gasteiger charge is 2.26. The van der Waals surface area contributed by atoms with E-state index in [1.165, 1.54) is 6.07 Å². The maximum Gasteiger partial charge on any atom is 0.264 e. The maximum atomic E-state index is 12.2. The van der Waals surface area contributed by atoms with Crippen LogP contribution in [0.2, 0.25) is 10.0 Å². The fraction of sp³-hybridized carbons (Fsp3) is 0.333. The average molecular weight is 394 g/mol. The third kappa shape index (κ3) is 4.14. The second kappa shape index (κ2) is 7.60. The molecule has 3 rings (SSSR count). The molecule has 26 heavy (non-hydrogen) atoms. The maximum absolute atomic E-state index is 12.2. The van der Waals surface area contributed by atoms with E-state index in [1.807, 2.05) is 6.92 Å². The minimum absolute atomic E-state index is 0.0508. The molecule has 1 aromatic heterocycles. The first-order valence-corrected chi connectivity index (χ1v) is 8.87. The monoisotopic (exact) mass is 393 g/mol. The number of carbonyl (C=O) groups is 2. The van der Waals surface area contributed by atoms with Gasteiger partial charge in [-0.1, -0.05) is 30.1 Å². The predicted molar refractivity (Wildman–Crippen MR) is 99.2 cm³/mol. The Morgan fingerprint density at radius 1 is 1.31 bits per heavy atom. The molecular formula is C18H17Cl2N3O3. The third-order valence-corrected chi connectivity index (χ3v) is 4.55. The largest absolute Gasteiger partial charge is 0.482 e. The number of fused-ring (bicyclic) bond motifs is 1. The van der Waals surface area contributed by atoms with E-state index in [0.717, 1.165) is 0 Å². The summed E-state index contributed by atoms with van der Waals surface area (Å²) in [6.07, 6.45) is 1.18. The molecule has 1 amide bonds. The first kappa shape index (κ1) is 18.6. The molecule has 8 heteroatoms. The minimum atomic E-state index is -0.425. The van der Waals surface area contributed by atoms with Crippen LogP contribution < -0.4 is 10.1 Å². The van der Waals surface area contributed by atoms with Gasteiger partial charge in [0.15, 0.2) is 12.4 Å². The number of aryl methyl sites for hydroxylation is 1. The number of rotatable bonds is 4. The van der Waals surface area contributed by atoms with Crippen molar-refractivity contribution in [1.82, 2.24) is 9.97 Å². The normalized spacial score (nSPS) is 16.2. The average Bonchev–Trinajstić information content (AvgIpc) is 2.52. The predicted octanol–water partition coefficient (Wildman–Crippen LogP) is 3.87. The number of aromatic nitrogens is 2. The highest BCUT2D eigenvalue weighted by Crippen LogP contribution is 2.28. The Bertz CT molecular complexity index is 886. The molecular weight excluding hydrogens is 377 g/mol. The molecule has 1 aliphatic rings. The van der Waals surface area contributed by atoms with E-state index in [-0.39, 0.29) is 24.3 Å². The van der Waals surface area contributed by atoms with E-state index in [4.69, 9.17) is 27.9 Å². The topological polar surface area (TPSA) is 81.2 Å². The molecule has 0 unspecified atom stereocenters. The lowest BCUT2D eigenvalue weighted by Gasteiger charge is -2.21. The quantitative estimate of drug-likeness (QED) is 0.852. The van der Waals surface area contributed by atoms with E-state index in [2.05, 4.69) is 15.3 Å². The lowest BCUT2D eigenvalue weighted by molar-refractivity contribution is -0.118. The van der Waals surface area contributed by atoms with Gasteiger partial charge in [0.25, 0.3) is 5.91 Å². The number of nitrogens with one attached hydrogen (secondary N) is 1. The number of halogens is 2. The Morgan fingerprint density at radius 3 is 2.81 bits per heavy atom. The van der Waals surface area contributed by atoms with Gasteiger partial charge in [-0.05, 0) is 37.5 Å². The number of nitrogens with zero attached hydrogens (tertiary/aromatic N) is 2. The van der Waals surface area contributed by atoms with Crippen molar-refractivity contribution in [2.75, 3.05) is 11.9 Å². The molecule has 1 heterocycles. The zero-order valence-electron chi connectivity index (χ0n) is 14.3. The second-order valence-electron chi connectivity index (χ2n) is 6.30. The van der Waals surface area contributed by atoms with Crippen LogP contribution in [0.5, 0.6) is 5.75 Å². The Hall–Kier alpha value is -2.18. The lowest BCUT2D eigenvalue weighted by Crippen LogP contribution is -2.25. The van der Waals surface area contributed by atoms with E-state index in [1.54, 1.807) is 19.1 Å². The van der Waals surface area contributed by atoms with E-state index < -0.39 is 5.91 Å². The van der Waals surface area contributed by atoms with Gasteiger partial charge in [0.2, 0.25) is 5.95 Å². The first-order valence-electron chi connectivity index (χ1n) is 8.12. The van der Waals surface area contributed by atoms with Gasteiger partial charge in [0, 0.05) is 11.4 Å². The van der Waals surface area contributed by atoms with Crippen LogP contribution in [0.1, 0.15) is 35.1 Å². The van der Waals surface area contributed by atoms with Crippen LogP contribution in [0.15, 0.2) is 18.2 Å². The standard InChI is InChI=1S/C18H17Cl2N3O3/c1-9-5-13-17(14(24)6-9)10(2)21-18(22-13)23-16(25)8-26-15-4-3-11(19)7-12(15)20/h3-4,7,9H,5-6,8H2,1-2H3,(H,21,22,23,25)/t9-/m1/s1. The molecule has 0 saturated carbocycles. The van der Waals surface area contributed by atoms with Crippen LogP contribution >= 0.6 is 23.2 Å². The molecule has 0 bridgehead atoms. The summed E-state index contributed by atoms with van der Waals surface area (Å²) < 4.78 is 5.39. The van der Waals surface area contributed by atoms with Crippen molar-refractivity contribution in [1.29, 1.82) is 0 Å². The van der Waals surface area contributed by atoms with Crippen LogP contribution in [-0.4, -0.2) is 28.3 Å². The van der Waals surface area contributed by atoms with Crippen LogP contribution in [0, 0.1) is 12.8 Å². The van der Waals surface area contributed by atoms with Crippen molar-refractivity contribution in [3.05, 3.63) is 45.2 Å².